The lowest BCUT2D eigenvalue weighted by atomic mass is 10.2. The van der Waals surface area contributed by atoms with Crippen molar-refractivity contribution in [2.75, 3.05) is 18.4 Å². The molecule has 84 valence electrons. The van der Waals surface area contributed by atoms with E-state index in [2.05, 4.69) is 26.0 Å². The van der Waals surface area contributed by atoms with Crippen molar-refractivity contribution < 1.29 is 0 Å². The molecule has 1 aliphatic heterocycles. The Labute approximate surface area is 98.1 Å². The molecule has 5 heteroatoms. The van der Waals surface area contributed by atoms with Gasteiger partial charge in [0.1, 0.15) is 11.6 Å². The molecule has 2 aromatic rings. The first-order chi connectivity index (χ1) is 7.83. The zero-order valence-electron chi connectivity index (χ0n) is 9.16. The van der Waals surface area contributed by atoms with Crippen molar-refractivity contribution in [3.05, 3.63) is 17.3 Å². The van der Waals surface area contributed by atoms with Crippen LogP contribution in [0.25, 0.3) is 10.2 Å². The van der Waals surface area contributed by atoms with Crippen molar-refractivity contribution in [2.24, 2.45) is 0 Å². The molecule has 16 heavy (non-hydrogen) atoms. The fraction of sp³-hybridized carbons (Fsp3) is 0.455. The van der Waals surface area contributed by atoms with Gasteiger partial charge in [0.2, 0.25) is 0 Å². The van der Waals surface area contributed by atoms with Crippen LogP contribution in [0.4, 0.5) is 5.82 Å². The van der Waals surface area contributed by atoms with Crippen LogP contribution in [0.3, 0.4) is 0 Å². The van der Waals surface area contributed by atoms with Crippen LogP contribution in [-0.2, 0) is 0 Å². The Morgan fingerprint density at radius 1 is 1.50 bits per heavy atom. The van der Waals surface area contributed by atoms with Gasteiger partial charge in [0.25, 0.3) is 0 Å². The van der Waals surface area contributed by atoms with Crippen LogP contribution in [-0.4, -0.2) is 29.1 Å². The Morgan fingerprint density at radius 2 is 2.44 bits per heavy atom. The third-order valence-corrected chi connectivity index (χ3v) is 3.73. The molecule has 3 rings (SSSR count). The Morgan fingerprint density at radius 3 is 3.25 bits per heavy atom. The number of fused-ring (bicyclic) bond motifs is 1. The first-order valence-electron chi connectivity index (χ1n) is 5.52. The molecule has 0 aromatic carbocycles. The van der Waals surface area contributed by atoms with Gasteiger partial charge in [-0.05, 0) is 31.3 Å². The third-order valence-electron chi connectivity index (χ3n) is 2.82. The Balaban J connectivity index is 1.97. The molecule has 1 saturated heterocycles. The second-order valence-electron chi connectivity index (χ2n) is 4.09. The summed E-state index contributed by atoms with van der Waals surface area (Å²) in [5.41, 5.74) is 1.05. The summed E-state index contributed by atoms with van der Waals surface area (Å²) in [5, 5.41) is 8.92. The van der Waals surface area contributed by atoms with Crippen LogP contribution in [0.5, 0.6) is 0 Å². The van der Waals surface area contributed by atoms with E-state index in [0.29, 0.717) is 6.04 Å². The molecule has 0 bridgehead atoms. The lowest BCUT2D eigenvalue weighted by Gasteiger charge is -2.12. The largest absolute Gasteiger partial charge is 0.365 e. The van der Waals surface area contributed by atoms with Gasteiger partial charge in [-0.2, -0.15) is 0 Å². The van der Waals surface area contributed by atoms with Gasteiger partial charge >= 0.3 is 0 Å². The first kappa shape index (κ1) is 9.99. The number of nitrogens with zero attached hydrogens (tertiary/aromatic N) is 2. The van der Waals surface area contributed by atoms with E-state index < -0.39 is 0 Å². The van der Waals surface area contributed by atoms with Crippen LogP contribution < -0.4 is 10.6 Å². The van der Waals surface area contributed by atoms with Gasteiger partial charge in [0, 0.05) is 12.6 Å². The summed E-state index contributed by atoms with van der Waals surface area (Å²) in [7, 11) is 0. The third kappa shape index (κ3) is 1.76. The van der Waals surface area contributed by atoms with Crippen molar-refractivity contribution >= 4 is 27.4 Å². The van der Waals surface area contributed by atoms with E-state index in [1.165, 1.54) is 0 Å². The molecule has 1 atom stereocenters. The highest BCUT2D eigenvalue weighted by molar-refractivity contribution is 7.17. The minimum atomic E-state index is 0.500. The number of rotatable bonds is 2. The summed E-state index contributed by atoms with van der Waals surface area (Å²) in [5.74, 6) is 1.82. The van der Waals surface area contributed by atoms with Crippen LogP contribution in [0.15, 0.2) is 11.4 Å². The van der Waals surface area contributed by atoms with E-state index in [1.807, 2.05) is 13.0 Å². The van der Waals surface area contributed by atoms with Crippen LogP contribution in [0.1, 0.15) is 12.2 Å². The summed E-state index contributed by atoms with van der Waals surface area (Å²) < 4.78 is 1.16. The lowest BCUT2D eigenvalue weighted by Crippen LogP contribution is -2.22. The Kier molecular flexibility index (Phi) is 2.49. The fourth-order valence-electron chi connectivity index (χ4n) is 2.05. The molecular weight excluding hydrogens is 220 g/mol. The van der Waals surface area contributed by atoms with E-state index in [9.17, 15) is 0 Å². The monoisotopic (exact) mass is 234 g/mol. The number of nitrogens with one attached hydrogen (secondary N) is 2. The van der Waals surface area contributed by atoms with Gasteiger partial charge in [0.15, 0.2) is 0 Å². The van der Waals surface area contributed by atoms with Gasteiger partial charge in [-0.3, -0.25) is 0 Å². The molecule has 1 fully saturated rings. The van der Waals surface area contributed by atoms with E-state index in [1.54, 1.807) is 11.3 Å². The quantitative estimate of drug-likeness (QED) is 0.831. The van der Waals surface area contributed by atoms with Crippen molar-refractivity contribution in [1.29, 1.82) is 0 Å². The maximum Gasteiger partial charge on any atom is 0.148 e. The summed E-state index contributed by atoms with van der Waals surface area (Å²) in [6.07, 6.45) is 1.16. The molecule has 0 amide bonds. The van der Waals surface area contributed by atoms with E-state index in [-0.39, 0.29) is 0 Å². The highest BCUT2D eigenvalue weighted by atomic mass is 32.1. The zero-order chi connectivity index (χ0) is 11.0. The highest BCUT2D eigenvalue weighted by Gasteiger charge is 2.16. The van der Waals surface area contributed by atoms with E-state index in [0.717, 1.165) is 41.4 Å². The van der Waals surface area contributed by atoms with Gasteiger partial charge in [-0.15, -0.1) is 11.3 Å². The predicted molar refractivity (Wildman–Crippen MR) is 67.0 cm³/mol. The molecule has 3 heterocycles. The van der Waals surface area contributed by atoms with E-state index in [4.69, 9.17) is 0 Å². The smallest absolute Gasteiger partial charge is 0.148 e. The SMILES string of the molecule is Cc1nc(N[C@@H]2CCNC2)c2sccc2n1. The highest BCUT2D eigenvalue weighted by Crippen LogP contribution is 2.26. The molecule has 2 N–H and O–H groups in total. The number of hydrogen-bond donors (Lipinski definition) is 2. The number of aryl methyl sites for hydroxylation is 1. The molecule has 0 aliphatic carbocycles. The maximum absolute atomic E-state index is 4.50. The molecular formula is C11H14N4S. The van der Waals surface area contributed by atoms with E-state index >= 15 is 0 Å². The number of aromatic nitrogens is 2. The van der Waals surface area contributed by atoms with Crippen LogP contribution in [0.2, 0.25) is 0 Å². The molecule has 1 aliphatic rings. The number of anilines is 1. The zero-order valence-corrected chi connectivity index (χ0v) is 9.97. The molecule has 0 unspecified atom stereocenters. The summed E-state index contributed by atoms with van der Waals surface area (Å²) in [6.45, 7) is 4.06. The molecule has 2 aromatic heterocycles. The minimum Gasteiger partial charge on any atom is -0.365 e. The first-order valence-corrected chi connectivity index (χ1v) is 6.40. The second-order valence-corrected chi connectivity index (χ2v) is 5.00. The summed E-state index contributed by atoms with van der Waals surface area (Å²) in [6, 6.07) is 2.55. The van der Waals surface area contributed by atoms with Gasteiger partial charge < -0.3 is 10.6 Å². The van der Waals surface area contributed by atoms with Crippen LogP contribution >= 0.6 is 11.3 Å². The van der Waals surface area contributed by atoms with Crippen molar-refractivity contribution in [1.82, 2.24) is 15.3 Å². The average Bonchev–Trinajstić information content (AvgIpc) is 2.87. The van der Waals surface area contributed by atoms with Crippen LogP contribution in [0, 0.1) is 6.92 Å². The van der Waals surface area contributed by atoms with Crippen molar-refractivity contribution in [3.63, 3.8) is 0 Å². The summed E-state index contributed by atoms with van der Waals surface area (Å²) >= 11 is 1.70. The Bertz CT molecular complexity index is 502. The Hall–Kier alpha value is -1.20. The maximum atomic E-state index is 4.50. The predicted octanol–water partition coefficient (Wildman–Crippen LogP) is 1.77. The molecule has 4 nitrogen and oxygen atoms in total. The number of thiophene rings is 1. The fourth-order valence-corrected chi connectivity index (χ4v) is 2.83. The van der Waals surface area contributed by atoms with Gasteiger partial charge in [-0.25, -0.2) is 9.97 Å². The number of hydrogen-bond acceptors (Lipinski definition) is 5. The van der Waals surface area contributed by atoms with Crippen molar-refractivity contribution in [3.8, 4) is 0 Å². The van der Waals surface area contributed by atoms with Crippen molar-refractivity contribution in [2.45, 2.75) is 19.4 Å². The molecule has 0 saturated carbocycles. The normalized spacial score (nSPS) is 20.4. The van der Waals surface area contributed by atoms with Gasteiger partial charge in [-0.1, -0.05) is 0 Å². The minimum absolute atomic E-state index is 0.500. The standard InChI is InChI=1S/C11H14N4S/c1-7-13-9-3-5-16-10(9)11(14-7)15-8-2-4-12-6-8/h3,5,8,12H,2,4,6H2,1H3,(H,13,14,15)/t8-/m1/s1. The molecule has 0 radical (unpaired) electrons. The average molecular weight is 234 g/mol. The summed E-state index contributed by atoms with van der Waals surface area (Å²) in [4.78, 5) is 8.91. The lowest BCUT2D eigenvalue weighted by molar-refractivity contribution is 0.788. The second kappa shape index (κ2) is 3.99. The molecule has 0 spiro atoms. The topological polar surface area (TPSA) is 49.8 Å². The van der Waals surface area contributed by atoms with Gasteiger partial charge in [0.05, 0.1) is 10.2 Å².